The SMILES string of the molecule is CN(C)CC(O)CNC(=O)CC(C)(C)C. The van der Waals surface area contributed by atoms with Crippen molar-refractivity contribution in [1.29, 1.82) is 0 Å². The van der Waals surface area contributed by atoms with Gasteiger partial charge in [-0.1, -0.05) is 20.8 Å². The van der Waals surface area contributed by atoms with E-state index < -0.39 is 6.10 Å². The van der Waals surface area contributed by atoms with Gasteiger partial charge in [0.15, 0.2) is 0 Å². The molecule has 0 saturated heterocycles. The molecule has 0 bridgehead atoms. The Morgan fingerprint density at radius 2 is 1.93 bits per heavy atom. The Hall–Kier alpha value is -0.610. The first-order chi connectivity index (χ1) is 6.70. The maximum Gasteiger partial charge on any atom is 0.220 e. The van der Waals surface area contributed by atoms with Crippen molar-refractivity contribution >= 4 is 5.91 Å². The Kier molecular flexibility index (Phi) is 5.83. The first-order valence-electron chi connectivity index (χ1n) is 5.30. The first kappa shape index (κ1) is 14.4. The Balaban J connectivity index is 3.72. The van der Waals surface area contributed by atoms with Crippen LogP contribution >= 0.6 is 0 Å². The van der Waals surface area contributed by atoms with Crippen molar-refractivity contribution in [1.82, 2.24) is 10.2 Å². The fourth-order valence-electron chi connectivity index (χ4n) is 1.26. The topological polar surface area (TPSA) is 52.6 Å². The summed E-state index contributed by atoms with van der Waals surface area (Å²) >= 11 is 0. The van der Waals surface area contributed by atoms with Crippen LogP contribution in [-0.4, -0.2) is 49.2 Å². The number of hydrogen-bond donors (Lipinski definition) is 2. The molecule has 90 valence electrons. The van der Waals surface area contributed by atoms with Crippen molar-refractivity contribution in [2.24, 2.45) is 5.41 Å². The minimum Gasteiger partial charge on any atom is -0.390 e. The number of rotatable bonds is 5. The molecular weight excluding hydrogens is 192 g/mol. The largest absolute Gasteiger partial charge is 0.390 e. The number of likely N-dealkylation sites (N-methyl/N-ethyl adjacent to an activating group) is 1. The summed E-state index contributed by atoms with van der Waals surface area (Å²) in [5, 5.41) is 12.2. The molecular formula is C11H24N2O2. The normalized spacial score (nSPS) is 14.1. The van der Waals surface area contributed by atoms with E-state index in [0.717, 1.165) is 0 Å². The summed E-state index contributed by atoms with van der Waals surface area (Å²) in [6.07, 6.45) is -0.00859. The molecule has 0 saturated carbocycles. The smallest absolute Gasteiger partial charge is 0.220 e. The van der Waals surface area contributed by atoms with E-state index in [0.29, 0.717) is 19.5 Å². The molecule has 0 aromatic carbocycles. The molecule has 2 N–H and O–H groups in total. The predicted molar refractivity (Wildman–Crippen MR) is 61.6 cm³/mol. The minimum atomic E-state index is -0.496. The molecule has 0 aromatic heterocycles. The molecule has 1 amide bonds. The Bertz CT molecular complexity index is 197. The molecule has 1 unspecified atom stereocenters. The van der Waals surface area contributed by atoms with E-state index in [-0.39, 0.29) is 11.3 Å². The van der Waals surface area contributed by atoms with Crippen LogP contribution in [0.1, 0.15) is 27.2 Å². The number of aliphatic hydroxyl groups is 1. The zero-order valence-corrected chi connectivity index (χ0v) is 10.5. The quantitative estimate of drug-likeness (QED) is 0.702. The van der Waals surface area contributed by atoms with Gasteiger partial charge in [0.2, 0.25) is 5.91 Å². The second-order valence-corrected chi connectivity index (χ2v) is 5.46. The summed E-state index contributed by atoms with van der Waals surface area (Å²) in [4.78, 5) is 13.3. The lowest BCUT2D eigenvalue weighted by Gasteiger charge is -2.19. The average Bonchev–Trinajstić information content (AvgIpc) is 1.96. The van der Waals surface area contributed by atoms with Gasteiger partial charge in [-0.05, 0) is 19.5 Å². The van der Waals surface area contributed by atoms with E-state index in [2.05, 4.69) is 5.32 Å². The number of hydrogen-bond acceptors (Lipinski definition) is 3. The van der Waals surface area contributed by atoms with E-state index in [1.165, 1.54) is 0 Å². The maximum absolute atomic E-state index is 11.4. The summed E-state index contributed by atoms with van der Waals surface area (Å²) in [5.74, 6) is 0.000283. The van der Waals surface area contributed by atoms with Crippen molar-refractivity contribution in [3.63, 3.8) is 0 Å². The average molecular weight is 216 g/mol. The third-order valence-corrected chi connectivity index (χ3v) is 1.80. The van der Waals surface area contributed by atoms with E-state index in [1.807, 2.05) is 39.8 Å². The molecule has 15 heavy (non-hydrogen) atoms. The van der Waals surface area contributed by atoms with Crippen LogP contribution in [0.2, 0.25) is 0 Å². The summed E-state index contributed by atoms with van der Waals surface area (Å²) < 4.78 is 0. The molecule has 0 radical (unpaired) electrons. The highest BCUT2D eigenvalue weighted by molar-refractivity contribution is 5.76. The van der Waals surface area contributed by atoms with Gasteiger partial charge in [0.25, 0.3) is 0 Å². The van der Waals surface area contributed by atoms with Crippen molar-refractivity contribution in [2.75, 3.05) is 27.2 Å². The van der Waals surface area contributed by atoms with Crippen LogP contribution < -0.4 is 5.32 Å². The van der Waals surface area contributed by atoms with Gasteiger partial charge in [-0.15, -0.1) is 0 Å². The second-order valence-electron chi connectivity index (χ2n) is 5.46. The standard InChI is InChI=1S/C11H24N2O2/c1-11(2,3)6-10(15)12-7-9(14)8-13(4)5/h9,14H,6-8H2,1-5H3,(H,12,15). The molecule has 0 fully saturated rings. The summed E-state index contributed by atoms with van der Waals surface area (Å²) in [7, 11) is 3.78. The molecule has 4 heteroatoms. The molecule has 0 aliphatic heterocycles. The Morgan fingerprint density at radius 3 is 2.33 bits per heavy atom. The van der Waals surface area contributed by atoms with Gasteiger partial charge in [0, 0.05) is 19.5 Å². The number of nitrogens with one attached hydrogen (secondary N) is 1. The summed E-state index contributed by atoms with van der Waals surface area (Å²) in [6.45, 7) is 6.94. The zero-order valence-electron chi connectivity index (χ0n) is 10.5. The highest BCUT2D eigenvalue weighted by Gasteiger charge is 2.16. The number of nitrogens with zero attached hydrogens (tertiary/aromatic N) is 1. The van der Waals surface area contributed by atoms with Gasteiger partial charge in [-0.25, -0.2) is 0 Å². The van der Waals surface area contributed by atoms with Gasteiger partial charge in [0.05, 0.1) is 6.10 Å². The molecule has 0 heterocycles. The van der Waals surface area contributed by atoms with Gasteiger partial charge >= 0.3 is 0 Å². The van der Waals surface area contributed by atoms with Crippen LogP contribution in [0, 0.1) is 5.41 Å². The van der Waals surface area contributed by atoms with Crippen LogP contribution in [0.3, 0.4) is 0 Å². The summed E-state index contributed by atoms with van der Waals surface area (Å²) in [5.41, 5.74) is -0.00339. The highest BCUT2D eigenvalue weighted by Crippen LogP contribution is 2.17. The van der Waals surface area contributed by atoms with Crippen LogP contribution in [0.4, 0.5) is 0 Å². The molecule has 0 spiro atoms. The number of carbonyl (C=O) groups excluding carboxylic acids is 1. The molecule has 0 aliphatic carbocycles. The van der Waals surface area contributed by atoms with Crippen LogP contribution in [0.5, 0.6) is 0 Å². The van der Waals surface area contributed by atoms with Gasteiger partial charge in [-0.3, -0.25) is 4.79 Å². The maximum atomic E-state index is 11.4. The van der Waals surface area contributed by atoms with Crippen LogP contribution in [-0.2, 0) is 4.79 Å². The van der Waals surface area contributed by atoms with Crippen molar-refractivity contribution in [3.05, 3.63) is 0 Å². The molecule has 0 aromatic rings. The number of carbonyl (C=O) groups is 1. The van der Waals surface area contributed by atoms with Crippen molar-refractivity contribution in [3.8, 4) is 0 Å². The zero-order chi connectivity index (χ0) is 12.1. The third kappa shape index (κ3) is 9.69. The van der Waals surface area contributed by atoms with Gasteiger partial charge < -0.3 is 15.3 Å². The third-order valence-electron chi connectivity index (χ3n) is 1.80. The van der Waals surface area contributed by atoms with Crippen LogP contribution in [0.15, 0.2) is 0 Å². The lowest BCUT2D eigenvalue weighted by atomic mass is 9.92. The first-order valence-corrected chi connectivity index (χ1v) is 5.30. The molecule has 4 nitrogen and oxygen atoms in total. The Morgan fingerprint density at radius 1 is 1.40 bits per heavy atom. The van der Waals surface area contributed by atoms with Crippen LogP contribution in [0.25, 0.3) is 0 Å². The molecule has 0 rings (SSSR count). The van der Waals surface area contributed by atoms with Gasteiger partial charge in [0.1, 0.15) is 0 Å². The fourth-order valence-corrected chi connectivity index (χ4v) is 1.26. The van der Waals surface area contributed by atoms with Crippen molar-refractivity contribution < 1.29 is 9.90 Å². The predicted octanol–water partition coefficient (Wildman–Crippen LogP) is 0.461. The lowest BCUT2D eigenvalue weighted by molar-refractivity contribution is -0.123. The van der Waals surface area contributed by atoms with E-state index >= 15 is 0 Å². The number of aliphatic hydroxyl groups excluding tert-OH is 1. The van der Waals surface area contributed by atoms with Gasteiger partial charge in [-0.2, -0.15) is 0 Å². The molecule has 1 atom stereocenters. The number of amides is 1. The minimum absolute atomic E-state index is 0.000283. The van der Waals surface area contributed by atoms with Crippen molar-refractivity contribution in [2.45, 2.75) is 33.3 Å². The summed E-state index contributed by atoms with van der Waals surface area (Å²) in [6, 6.07) is 0. The van der Waals surface area contributed by atoms with E-state index in [4.69, 9.17) is 0 Å². The fraction of sp³-hybridized carbons (Fsp3) is 0.909. The van der Waals surface area contributed by atoms with E-state index in [9.17, 15) is 9.90 Å². The lowest BCUT2D eigenvalue weighted by Crippen LogP contribution is -2.38. The second kappa shape index (κ2) is 6.08. The molecule has 0 aliphatic rings. The Labute approximate surface area is 92.7 Å². The highest BCUT2D eigenvalue weighted by atomic mass is 16.3. The monoisotopic (exact) mass is 216 g/mol. The van der Waals surface area contributed by atoms with E-state index in [1.54, 1.807) is 0 Å².